The van der Waals surface area contributed by atoms with Crippen molar-refractivity contribution in [1.29, 1.82) is 0 Å². The second kappa shape index (κ2) is 5.63. The molecule has 0 saturated heterocycles. The van der Waals surface area contributed by atoms with Gasteiger partial charge in [0.2, 0.25) is 0 Å². The Morgan fingerprint density at radius 3 is 2.76 bits per heavy atom. The van der Waals surface area contributed by atoms with Crippen molar-refractivity contribution < 1.29 is 9.90 Å². The van der Waals surface area contributed by atoms with Gasteiger partial charge >= 0.3 is 0 Å². The van der Waals surface area contributed by atoms with Gasteiger partial charge in [0, 0.05) is 12.5 Å². The Morgan fingerprint density at radius 2 is 2.24 bits per heavy atom. The zero-order chi connectivity index (χ0) is 13.0. The molecule has 0 aliphatic rings. The van der Waals surface area contributed by atoms with Crippen LogP contribution in [0.15, 0.2) is 18.2 Å². The molecule has 0 spiro atoms. The molecule has 1 amide bonds. The highest BCUT2D eigenvalue weighted by molar-refractivity contribution is 7.80. The summed E-state index contributed by atoms with van der Waals surface area (Å²) in [6, 6.07) is 4.76. The number of aryl methyl sites for hydroxylation is 1. The monoisotopic (exact) mass is 252 g/mol. The van der Waals surface area contributed by atoms with Crippen LogP contribution in [0.5, 0.6) is 5.75 Å². The number of nitrogens with two attached hydrogens (primary N) is 1. The Balaban J connectivity index is 2.73. The maximum atomic E-state index is 11.8. The summed E-state index contributed by atoms with van der Waals surface area (Å²) in [5.74, 6) is -0.351. The molecule has 1 rings (SSSR count). The molecule has 1 atom stereocenters. The lowest BCUT2D eigenvalue weighted by molar-refractivity contribution is 0.0938. The third-order valence-electron chi connectivity index (χ3n) is 2.28. The minimum absolute atomic E-state index is 0.0231. The normalized spacial score (nSPS) is 11.9. The predicted molar refractivity (Wildman–Crippen MR) is 71.2 cm³/mol. The highest BCUT2D eigenvalue weighted by atomic mass is 32.1. The SMILES string of the molecule is Cc1ccc(C(=O)NC(C)CC(N)=S)c(O)c1. The quantitative estimate of drug-likeness (QED) is 0.710. The summed E-state index contributed by atoms with van der Waals surface area (Å²) in [6.45, 7) is 3.65. The van der Waals surface area contributed by atoms with Crippen molar-refractivity contribution in [2.24, 2.45) is 5.73 Å². The van der Waals surface area contributed by atoms with E-state index in [4.69, 9.17) is 18.0 Å². The molecule has 1 unspecified atom stereocenters. The first-order valence-electron chi connectivity index (χ1n) is 5.29. The number of hydrogen-bond donors (Lipinski definition) is 3. The van der Waals surface area contributed by atoms with E-state index in [1.54, 1.807) is 18.2 Å². The van der Waals surface area contributed by atoms with Crippen LogP contribution >= 0.6 is 12.2 Å². The maximum absolute atomic E-state index is 11.8. The van der Waals surface area contributed by atoms with Gasteiger partial charge in [0.25, 0.3) is 5.91 Å². The fraction of sp³-hybridized carbons (Fsp3) is 0.333. The highest BCUT2D eigenvalue weighted by Gasteiger charge is 2.13. The molecule has 0 aromatic heterocycles. The van der Waals surface area contributed by atoms with E-state index in [2.05, 4.69) is 5.32 Å². The van der Waals surface area contributed by atoms with E-state index in [9.17, 15) is 9.90 Å². The number of carbonyl (C=O) groups excluding carboxylic acids is 1. The molecule has 0 aliphatic heterocycles. The van der Waals surface area contributed by atoms with Crippen molar-refractivity contribution in [1.82, 2.24) is 5.32 Å². The molecule has 4 nitrogen and oxygen atoms in total. The second-order valence-electron chi connectivity index (χ2n) is 4.07. The van der Waals surface area contributed by atoms with Gasteiger partial charge in [-0.2, -0.15) is 0 Å². The number of benzene rings is 1. The topological polar surface area (TPSA) is 75.4 Å². The van der Waals surface area contributed by atoms with Crippen molar-refractivity contribution in [3.63, 3.8) is 0 Å². The summed E-state index contributed by atoms with van der Waals surface area (Å²) in [7, 11) is 0. The molecule has 4 N–H and O–H groups in total. The van der Waals surface area contributed by atoms with Crippen LogP contribution in [0, 0.1) is 6.92 Å². The number of phenolic OH excluding ortho intramolecular Hbond substituents is 1. The van der Waals surface area contributed by atoms with Gasteiger partial charge in [-0.25, -0.2) is 0 Å². The van der Waals surface area contributed by atoms with E-state index in [1.807, 2.05) is 13.8 Å². The summed E-state index contributed by atoms with van der Waals surface area (Å²) in [4.78, 5) is 12.2. The lowest BCUT2D eigenvalue weighted by atomic mass is 10.1. The minimum atomic E-state index is -0.328. The summed E-state index contributed by atoms with van der Waals surface area (Å²) >= 11 is 4.76. The average molecular weight is 252 g/mol. The maximum Gasteiger partial charge on any atom is 0.255 e. The number of phenols is 1. The second-order valence-corrected chi connectivity index (χ2v) is 4.59. The highest BCUT2D eigenvalue weighted by Crippen LogP contribution is 2.18. The molecule has 0 saturated carbocycles. The minimum Gasteiger partial charge on any atom is -0.507 e. The first-order valence-corrected chi connectivity index (χ1v) is 5.69. The number of rotatable bonds is 4. The molecular weight excluding hydrogens is 236 g/mol. The summed E-state index contributed by atoms with van der Waals surface area (Å²) in [5.41, 5.74) is 6.54. The van der Waals surface area contributed by atoms with Crippen molar-refractivity contribution in [3.8, 4) is 5.75 Å². The van der Waals surface area contributed by atoms with E-state index in [0.29, 0.717) is 11.4 Å². The summed E-state index contributed by atoms with van der Waals surface area (Å²) in [6.07, 6.45) is 0.438. The molecule has 0 heterocycles. The van der Waals surface area contributed by atoms with Crippen molar-refractivity contribution in [2.75, 3.05) is 0 Å². The molecular formula is C12H16N2O2S. The average Bonchev–Trinajstić information content (AvgIpc) is 2.15. The van der Waals surface area contributed by atoms with Gasteiger partial charge in [-0.05, 0) is 31.5 Å². The van der Waals surface area contributed by atoms with Crippen LogP contribution in [0.2, 0.25) is 0 Å². The van der Waals surface area contributed by atoms with Gasteiger partial charge < -0.3 is 16.2 Å². The third-order valence-corrected chi connectivity index (χ3v) is 2.45. The molecule has 1 aromatic carbocycles. The number of hydrogen-bond acceptors (Lipinski definition) is 3. The zero-order valence-electron chi connectivity index (χ0n) is 9.86. The van der Waals surface area contributed by atoms with Crippen LogP contribution in [0.3, 0.4) is 0 Å². The van der Waals surface area contributed by atoms with Crippen molar-refractivity contribution in [2.45, 2.75) is 26.3 Å². The van der Waals surface area contributed by atoms with Crippen LogP contribution in [0.4, 0.5) is 0 Å². The van der Waals surface area contributed by atoms with Gasteiger partial charge in [-0.15, -0.1) is 0 Å². The molecule has 1 aromatic rings. The lowest BCUT2D eigenvalue weighted by Gasteiger charge is -2.13. The van der Waals surface area contributed by atoms with Crippen LogP contribution in [-0.2, 0) is 0 Å². The Kier molecular flexibility index (Phi) is 4.45. The Labute approximate surface area is 106 Å². The van der Waals surface area contributed by atoms with E-state index >= 15 is 0 Å². The zero-order valence-corrected chi connectivity index (χ0v) is 10.7. The van der Waals surface area contributed by atoms with E-state index in [-0.39, 0.29) is 23.3 Å². The largest absolute Gasteiger partial charge is 0.507 e. The van der Waals surface area contributed by atoms with E-state index in [0.717, 1.165) is 5.56 Å². The first kappa shape index (κ1) is 13.4. The van der Waals surface area contributed by atoms with Crippen LogP contribution in [0.25, 0.3) is 0 Å². The van der Waals surface area contributed by atoms with Crippen LogP contribution in [-0.4, -0.2) is 22.0 Å². The smallest absolute Gasteiger partial charge is 0.255 e. The number of amides is 1. The summed E-state index contributed by atoms with van der Waals surface area (Å²) < 4.78 is 0. The number of thiocarbonyl (C=S) groups is 1. The standard InChI is InChI=1S/C12H16N2O2S/c1-7-3-4-9(10(15)5-7)12(16)14-8(2)6-11(13)17/h3-5,8,15H,6H2,1-2H3,(H2,13,17)(H,14,16). The first-order chi connectivity index (χ1) is 7.90. The van der Waals surface area contributed by atoms with E-state index in [1.165, 1.54) is 0 Å². The fourth-order valence-electron chi connectivity index (χ4n) is 1.49. The third kappa shape index (κ3) is 4.03. The Morgan fingerprint density at radius 1 is 1.59 bits per heavy atom. The van der Waals surface area contributed by atoms with Gasteiger partial charge in [0.15, 0.2) is 0 Å². The molecule has 17 heavy (non-hydrogen) atoms. The molecule has 0 bridgehead atoms. The Bertz CT molecular complexity index is 446. The van der Waals surface area contributed by atoms with Gasteiger partial charge in [0.05, 0.1) is 10.6 Å². The van der Waals surface area contributed by atoms with Crippen LogP contribution < -0.4 is 11.1 Å². The lowest BCUT2D eigenvalue weighted by Crippen LogP contribution is -2.35. The number of aromatic hydroxyl groups is 1. The van der Waals surface area contributed by atoms with Crippen molar-refractivity contribution in [3.05, 3.63) is 29.3 Å². The molecule has 0 aliphatic carbocycles. The van der Waals surface area contributed by atoms with Crippen LogP contribution in [0.1, 0.15) is 29.3 Å². The number of carbonyl (C=O) groups is 1. The van der Waals surface area contributed by atoms with E-state index < -0.39 is 0 Å². The summed E-state index contributed by atoms with van der Waals surface area (Å²) in [5, 5.41) is 12.4. The molecule has 5 heteroatoms. The molecule has 92 valence electrons. The van der Waals surface area contributed by atoms with Gasteiger partial charge in [0.1, 0.15) is 5.75 Å². The van der Waals surface area contributed by atoms with Gasteiger partial charge in [-0.1, -0.05) is 18.3 Å². The predicted octanol–water partition coefficient (Wildman–Crippen LogP) is 1.50. The fourth-order valence-corrected chi connectivity index (χ4v) is 1.74. The number of nitrogens with one attached hydrogen (secondary N) is 1. The van der Waals surface area contributed by atoms with Crippen molar-refractivity contribution >= 4 is 23.1 Å². The Hall–Kier alpha value is -1.62. The van der Waals surface area contributed by atoms with Gasteiger partial charge in [-0.3, -0.25) is 4.79 Å². The molecule has 0 radical (unpaired) electrons. The molecule has 0 fully saturated rings.